The van der Waals surface area contributed by atoms with Crippen LogP contribution in [0.4, 0.5) is 0 Å². The van der Waals surface area contributed by atoms with Crippen LogP contribution in [-0.4, -0.2) is 16.6 Å². The quantitative estimate of drug-likeness (QED) is 0.569. The Bertz CT molecular complexity index is 223. The van der Waals surface area contributed by atoms with Crippen LogP contribution >= 0.6 is 0 Å². The molecule has 0 aromatic rings. The summed E-state index contributed by atoms with van der Waals surface area (Å²) in [6.07, 6.45) is 4.87. The fourth-order valence-electron chi connectivity index (χ4n) is 0.666. The van der Waals surface area contributed by atoms with Crippen molar-refractivity contribution >= 4 is 5.97 Å². The van der Waals surface area contributed by atoms with Crippen molar-refractivity contribution in [2.45, 2.75) is 0 Å². The first kappa shape index (κ1) is 8.65. The Labute approximate surface area is 58.3 Å². The monoisotopic (exact) mass is 140 g/mol. The lowest BCUT2D eigenvalue weighted by molar-refractivity contribution is -0.132. The molecule has 3 N–H and O–H groups in total. The van der Waals surface area contributed by atoms with Gasteiger partial charge in [-0.3, -0.25) is 0 Å². The first-order chi connectivity index (χ1) is 4.22. The van der Waals surface area contributed by atoms with Crippen LogP contribution in [0.3, 0.4) is 0 Å². The third-order valence-electron chi connectivity index (χ3n) is 1.14. The van der Waals surface area contributed by atoms with E-state index in [2.05, 4.69) is 6.58 Å². The Kier molecular flexibility index (Phi) is 2.58. The zero-order valence-corrected chi connectivity index (χ0v) is 5.29. The van der Waals surface area contributed by atoms with Gasteiger partial charge in [-0.1, -0.05) is 18.7 Å². The van der Waals surface area contributed by atoms with E-state index >= 15 is 0 Å². The SMILES string of the molecule is C=C1C=CC=C1C(=O)O.O. The highest BCUT2D eigenvalue weighted by atomic mass is 16.4. The Morgan fingerprint density at radius 2 is 2.20 bits per heavy atom. The van der Waals surface area contributed by atoms with Crippen LogP contribution < -0.4 is 0 Å². The van der Waals surface area contributed by atoms with Gasteiger partial charge in [0.2, 0.25) is 0 Å². The lowest BCUT2D eigenvalue weighted by atomic mass is 10.2. The van der Waals surface area contributed by atoms with Crippen LogP contribution in [0.5, 0.6) is 0 Å². The first-order valence-corrected chi connectivity index (χ1v) is 2.53. The van der Waals surface area contributed by atoms with Crippen molar-refractivity contribution in [2.75, 3.05) is 0 Å². The van der Waals surface area contributed by atoms with E-state index in [0.717, 1.165) is 0 Å². The number of hydrogen-bond donors (Lipinski definition) is 1. The summed E-state index contributed by atoms with van der Waals surface area (Å²) < 4.78 is 0. The van der Waals surface area contributed by atoms with E-state index in [1.807, 2.05) is 0 Å². The summed E-state index contributed by atoms with van der Waals surface area (Å²) in [6.45, 7) is 3.52. The van der Waals surface area contributed by atoms with Gasteiger partial charge in [0.15, 0.2) is 0 Å². The van der Waals surface area contributed by atoms with E-state index in [-0.39, 0.29) is 11.0 Å². The fraction of sp³-hybridized carbons (Fsp3) is 0. The average molecular weight is 140 g/mol. The van der Waals surface area contributed by atoms with Gasteiger partial charge in [0.25, 0.3) is 0 Å². The molecule has 0 saturated carbocycles. The fourth-order valence-corrected chi connectivity index (χ4v) is 0.666. The molecular formula is C7H8O3. The predicted octanol–water partition coefficient (Wildman–Crippen LogP) is 0.299. The molecule has 10 heavy (non-hydrogen) atoms. The van der Waals surface area contributed by atoms with Gasteiger partial charge >= 0.3 is 5.97 Å². The van der Waals surface area contributed by atoms with Crippen molar-refractivity contribution in [2.24, 2.45) is 0 Å². The van der Waals surface area contributed by atoms with Gasteiger partial charge in [-0.15, -0.1) is 0 Å². The molecule has 0 radical (unpaired) electrons. The third kappa shape index (κ3) is 1.33. The highest BCUT2D eigenvalue weighted by molar-refractivity contribution is 5.94. The molecule has 0 bridgehead atoms. The number of aliphatic carboxylic acids is 1. The summed E-state index contributed by atoms with van der Waals surface area (Å²) in [6, 6.07) is 0. The zero-order chi connectivity index (χ0) is 6.85. The molecule has 0 aliphatic heterocycles. The van der Waals surface area contributed by atoms with Crippen LogP contribution in [0.25, 0.3) is 0 Å². The molecule has 3 nitrogen and oxygen atoms in total. The molecule has 1 rings (SSSR count). The molecule has 0 aromatic heterocycles. The summed E-state index contributed by atoms with van der Waals surface area (Å²) in [5.41, 5.74) is 0.859. The lowest BCUT2D eigenvalue weighted by Crippen LogP contribution is -1.98. The molecule has 0 saturated heterocycles. The molecule has 0 heterocycles. The molecule has 0 aromatic carbocycles. The minimum atomic E-state index is -0.912. The standard InChI is InChI=1S/C7H6O2.H2O/c1-5-3-2-4-6(5)7(8)9;/h2-4H,1H2,(H,8,9);1H2. The summed E-state index contributed by atoms with van der Waals surface area (Å²) >= 11 is 0. The molecule has 1 aliphatic rings. The maximum atomic E-state index is 10.2. The van der Waals surface area contributed by atoms with Crippen molar-refractivity contribution in [3.8, 4) is 0 Å². The molecule has 3 heteroatoms. The smallest absolute Gasteiger partial charge is 0.336 e. The molecule has 0 atom stereocenters. The predicted molar refractivity (Wildman–Crippen MR) is 37.6 cm³/mol. The Hall–Kier alpha value is -1.35. The molecule has 0 spiro atoms. The molecule has 0 unspecified atom stereocenters. The van der Waals surface area contributed by atoms with E-state index in [1.54, 1.807) is 12.2 Å². The average Bonchev–Trinajstić information content (AvgIpc) is 2.13. The van der Waals surface area contributed by atoms with Crippen molar-refractivity contribution in [3.63, 3.8) is 0 Å². The minimum absolute atomic E-state index is 0. The largest absolute Gasteiger partial charge is 0.478 e. The highest BCUT2D eigenvalue weighted by Crippen LogP contribution is 2.15. The van der Waals surface area contributed by atoms with Crippen LogP contribution in [0.2, 0.25) is 0 Å². The second-order valence-electron chi connectivity index (χ2n) is 1.77. The molecule has 54 valence electrons. The Morgan fingerprint density at radius 1 is 1.60 bits per heavy atom. The first-order valence-electron chi connectivity index (χ1n) is 2.53. The van der Waals surface area contributed by atoms with Crippen molar-refractivity contribution < 1.29 is 15.4 Å². The second kappa shape index (κ2) is 2.98. The highest BCUT2D eigenvalue weighted by Gasteiger charge is 2.10. The van der Waals surface area contributed by atoms with Crippen molar-refractivity contribution in [1.29, 1.82) is 0 Å². The van der Waals surface area contributed by atoms with E-state index in [9.17, 15) is 4.79 Å². The van der Waals surface area contributed by atoms with E-state index in [4.69, 9.17) is 5.11 Å². The molecule has 0 fully saturated rings. The van der Waals surface area contributed by atoms with Gasteiger partial charge < -0.3 is 10.6 Å². The van der Waals surface area contributed by atoms with E-state index in [1.165, 1.54) is 6.08 Å². The van der Waals surface area contributed by atoms with Crippen molar-refractivity contribution in [3.05, 3.63) is 36.0 Å². The van der Waals surface area contributed by atoms with Gasteiger partial charge in [0.05, 0.1) is 5.57 Å². The van der Waals surface area contributed by atoms with E-state index < -0.39 is 5.97 Å². The second-order valence-corrected chi connectivity index (χ2v) is 1.77. The molecule has 1 aliphatic carbocycles. The maximum absolute atomic E-state index is 10.2. The number of allylic oxidation sites excluding steroid dienone is 3. The summed E-state index contributed by atoms with van der Waals surface area (Å²) in [5.74, 6) is -0.912. The normalized spacial score (nSPS) is 14.4. The topological polar surface area (TPSA) is 68.8 Å². The zero-order valence-electron chi connectivity index (χ0n) is 5.29. The Morgan fingerprint density at radius 3 is 2.40 bits per heavy atom. The lowest BCUT2D eigenvalue weighted by Gasteiger charge is -1.92. The van der Waals surface area contributed by atoms with Crippen LogP contribution in [0.1, 0.15) is 0 Å². The van der Waals surface area contributed by atoms with Gasteiger partial charge in [-0.05, 0) is 11.6 Å². The maximum Gasteiger partial charge on any atom is 0.336 e. The summed E-state index contributed by atoms with van der Waals surface area (Å²) in [5, 5.41) is 8.41. The van der Waals surface area contributed by atoms with Crippen LogP contribution in [0.15, 0.2) is 36.0 Å². The van der Waals surface area contributed by atoms with Gasteiger partial charge in [0, 0.05) is 0 Å². The number of carbonyl (C=O) groups is 1. The van der Waals surface area contributed by atoms with Gasteiger partial charge in [0.1, 0.15) is 0 Å². The van der Waals surface area contributed by atoms with Gasteiger partial charge in [-0.25, -0.2) is 4.79 Å². The minimum Gasteiger partial charge on any atom is -0.478 e. The molecule has 0 amide bonds. The Balaban J connectivity index is 0.000000810. The summed E-state index contributed by atoms with van der Waals surface area (Å²) in [4.78, 5) is 10.2. The van der Waals surface area contributed by atoms with Crippen molar-refractivity contribution in [1.82, 2.24) is 0 Å². The number of rotatable bonds is 1. The summed E-state index contributed by atoms with van der Waals surface area (Å²) in [7, 11) is 0. The van der Waals surface area contributed by atoms with Gasteiger partial charge in [-0.2, -0.15) is 0 Å². The number of hydrogen-bond acceptors (Lipinski definition) is 1. The van der Waals surface area contributed by atoms with Crippen LogP contribution in [-0.2, 0) is 4.79 Å². The number of carboxylic acids is 1. The molecular weight excluding hydrogens is 132 g/mol. The van der Waals surface area contributed by atoms with Crippen LogP contribution in [0, 0.1) is 0 Å². The van der Waals surface area contributed by atoms with E-state index in [0.29, 0.717) is 5.57 Å². The number of carboxylic acid groups (broad SMARTS) is 1. The third-order valence-corrected chi connectivity index (χ3v) is 1.14.